The molecule has 1 unspecified atom stereocenters. The fourth-order valence-electron chi connectivity index (χ4n) is 1.95. The molecule has 1 atom stereocenters. The predicted molar refractivity (Wildman–Crippen MR) is 71.0 cm³/mol. The summed E-state index contributed by atoms with van der Waals surface area (Å²) < 4.78 is 24.0. The Morgan fingerprint density at radius 3 is 2.37 bits per heavy atom. The third-order valence-electron chi connectivity index (χ3n) is 3.16. The van der Waals surface area contributed by atoms with E-state index in [0.717, 1.165) is 16.5 Å². The van der Waals surface area contributed by atoms with Crippen molar-refractivity contribution in [2.45, 2.75) is 12.6 Å². The van der Waals surface area contributed by atoms with Crippen LogP contribution in [0.4, 0.5) is 4.39 Å². The van der Waals surface area contributed by atoms with Crippen LogP contribution >= 0.6 is 0 Å². The van der Waals surface area contributed by atoms with E-state index in [0.29, 0.717) is 0 Å². The van der Waals surface area contributed by atoms with E-state index in [4.69, 9.17) is 4.74 Å². The van der Waals surface area contributed by atoms with Gasteiger partial charge in [-0.05, 0) is 35.9 Å². The maximum Gasteiger partial charge on any atom is 0.348 e. The van der Waals surface area contributed by atoms with E-state index in [2.05, 4.69) is 4.74 Å². The van der Waals surface area contributed by atoms with Crippen molar-refractivity contribution in [3.63, 3.8) is 0 Å². The second-order valence-corrected chi connectivity index (χ2v) is 4.42. The molecule has 0 saturated carbocycles. The number of hydrogen-bond donors (Lipinski definition) is 0. The van der Waals surface area contributed by atoms with Gasteiger partial charge < -0.3 is 9.47 Å². The molecule has 2 rings (SSSR count). The molecule has 0 aliphatic heterocycles. The molecule has 2 aromatic carbocycles. The van der Waals surface area contributed by atoms with Crippen LogP contribution in [0.3, 0.4) is 0 Å². The molecular weight excluding hydrogens is 247 g/mol. The molecule has 0 fully saturated rings. The topological polar surface area (TPSA) is 35.5 Å². The van der Waals surface area contributed by atoms with Crippen molar-refractivity contribution in [2.75, 3.05) is 14.2 Å². The molecule has 0 saturated heterocycles. The second-order valence-electron chi connectivity index (χ2n) is 4.42. The number of benzene rings is 2. The number of methoxy groups -OCH3 is 2. The standard InChI is InChI=1S/C15H15FO3/c1-15(16,14(17)19-3)12-6-4-11-9-13(18-2)7-5-10(11)8-12/h4-9H,1-3H3. The Kier molecular flexibility index (Phi) is 3.42. The molecule has 2 aromatic rings. The van der Waals surface area contributed by atoms with Gasteiger partial charge in [0.15, 0.2) is 0 Å². The number of fused-ring (bicyclic) bond motifs is 1. The SMILES string of the molecule is COC(=O)C(C)(F)c1ccc2cc(OC)ccc2c1. The lowest BCUT2D eigenvalue weighted by molar-refractivity contribution is -0.154. The maximum absolute atomic E-state index is 14.4. The highest BCUT2D eigenvalue weighted by atomic mass is 19.1. The van der Waals surface area contributed by atoms with Crippen molar-refractivity contribution in [3.05, 3.63) is 42.0 Å². The zero-order valence-electron chi connectivity index (χ0n) is 11.1. The lowest BCUT2D eigenvalue weighted by Crippen LogP contribution is -2.28. The summed E-state index contributed by atoms with van der Waals surface area (Å²) in [4.78, 5) is 11.5. The fraction of sp³-hybridized carbons (Fsp3) is 0.267. The lowest BCUT2D eigenvalue weighted by Gasteiger charge is -2.18. The number of rotatable bonds is 3. The fourth-order valence-corrected chi connectivity index (χ4v) is 1.95. The average molecular weight is 262 g/mol. The highest BCUT2D eigenvalue weighted by Gasteiger charge is 2.36. The van der Waals surface area contributed by atoms with Gasteiger partial charge in [-0.15, -0.1) is 0 Å². The van der Waals surface area contributed by atoms with Gasteiger partial charge in [-0.3, -0.25) is 0 Å². The first-order chi connectivity index (χ1) is 8.98. The highest BCUT2D eigenvalue weighted by molar-refractivity contribution is 5.87. The number of carbonyl (C=O) groups excluding carboxylic acids is 1. The minimum Gasteiger partial charge on any atom is -0.497 e. The van der Waals surface area contributed by atoms with Crippen LogP contribution < -0.4 is 4.74 Å². The second kappa shape index (κ2) is 4.88. The van der Waals surface area contributed by atoms with E-state index in [1.54, 1.807) is 31.4 Å². The van der Waals surface area contributed by atoms with E-state index in [1.807, 2.05) is 12.1 Å². The summed E-state index contributed by atoms with van der Waals surface area (Å²) in [5.74, 6) is -0.170. The van der Waals surface area contributed by atoms with Crippen molar-refractivity contribution < 1.29 is 18.7 Å². The summed E-state index contributed by atoms with van der Waals surface area (Å²) in [6, 6.07) is 10.5. The molecule has 0 spiro atoms. The molecule has 0 aromatic heterocycles. The molecule has 0 radical (unpaired) electrons. The number of hydrogen-bond acceptors (Lipinski definition) is 3. The predicted octanol–water partition coefficient (Wildman–Crippen LogP) is 3.21. The van der Waals surface area contributed by atoms with Crippen LogP contribution in [-0.4, -0.2) is 20.2 Å². The quantitative estimate of drug-likeness (QED) is 0.797. The number of alkyl halides is 1. The number of halogens is 1. The van der Waals surface area contributed by atoms with Gasteiger partial charge in [0.1, 0.15) is 5.75 Å². The normalized spacial score (nSPS) is 13.9. The van der Waals surface area contributed by atoms with Crippen LogP contribution in [0.1, 0.15) is 12.5 Å². The van der Waals surface area contributed by atoms with Crippen LogP contribution in [0.25, 0.3) is 10.8 Å². The Morgan fingerprint density at radius 2 is 1.74 bits per heavy atom. The first kappa shape index (κ1) is 13.3. The molecule has 0 bridgehead atoms. The van der Waals surface area contributed by atoms with Crippen molar-refractivity contribution >= 4 is 16.7 Å². The van der Waals surface area contributed by atoms with Gasteiger partial charge in [0, 0.05) is 5.56 Å². The number of carbonyl (C=O) groups is 1. The third-order valence-corrected chi connectivity index (χ3v) is 3.16. The molecule has 19 heavy (non-hydrogen) atoms. The molecule has 0 amide bonds. The number of ether oxygens (including phenoxy) is 2. The molecule has 3 nitrogen and oxygen atoms in total. The Labute approximate surface area is 110 Å². The van der Waals surface area contributed by atoms with E-state index in [-0.39, 0.29) is 5.56 Å². The first-order valence-corrected chi connectivity index (χ1v) is 5.84. The van der Waals surface area contributed by atoms with Crippen molar-refractivity contribution in [1.29, 1.82) is 0 Å². The Morgan fingerprint density at radius 1 is 1.11 bits per heavy atom. The summed E-state index contributed by atoms with van der Waals surface area (Å²) in [5, 5.41) is 1.76. The minimum absolute atomic E-state index is 0.275. The molecular formula is C15H15FO3. The summed E-state index contributed by atoms with van der Waals surface area (Å²) in [5.41, 5.74) is -1.87. The Bertz CT molecular complexity index is 620. The van der Waals surface area contributed by atoms with E-state index < -0.39 is 11.6 Å². The van der Waals surface area contributed by atoms with Gasteiger partial charge in [0.05, 0.1) is 14.2 Å². The van der Waals surface area contributed by atoms with Crippen molar-refractivity contribution in [2.24, 2.45) is 0 Å². The first-order valence-electron chi connectivity index (χ1n) is 5.84. The summed E-state index contributed by atoms with van der Waals surface area (Å²) >= 11 is 0. The maximum atomic E-state index is 14.4. The average Bonchev–Trinajstić information content (AvgIpc) is 2.44. The van der Waals surface area contributed by atoms with E-state index in [9.17, 15) is 9.18 Å². The summed E-state index contributed by atoms with van der Waals surface area (Å²) in [6.45, 7) is 1.20. The van der Waals surface area contributed by atoms with Gasteiger partial charge in [-0.1, -0.05) is 18.2 Å². The van der Waals surface area contributed by atoms with Crippen LogP contribution in [0.15, 0.2) is 36.4 Å². The van der Waals surface area contributed by atoms with Crippen LogP contribution in [-0.2, 0) is 15.2 Å². The largest absolute Gasteiger partial charge is 0.497 e. The van der Waals surface area contributed by atoms with Gasteiger partial charge >= 0.3 is 5.97 Å². The summed E-state index contributed by atoms with van der Waals surface area (Å²) in [6.07, 6.45) is 0. The lowest BCUT2D eigenvalue weighted by atomic mass is 9.95. The van der Waals surface area contributed by atoms with Gasteiger partial charge in [-0.2, -0.15) is 0 Å². The van der Waals surface area contributed by atoms with Crippen molar-refractivity contribution in [3.8, 4) is 5.75 Å². The summed E-state index contributed by atoms with van der Waals surface area (Å²) in [7, 11) is 2.76. The molecule has 0 heterocycles. The Hall–Kier alpha value is -2.10. The number of esters is 1. The van der Waals surface area contributed by atoms with Crippen molar-refractivity contribution in [1.82, 2.24) is 0 Å². The van der Waals surface area contributed by atoms with Crippen LogP contribution in [0.2, 0.25) is 0 Å². The third kappa shape index (κ3) is 2.38. The minimum atomic E-state index is -2.15. The molecule has 100 valence electrons. The molecule has 0 aliphatic carbocycles. The van der Waals surface area contributed by atoms with Gasteiger partial charge in [-0.25, -0.2) is 9.18 Å². The van der Waals surface area contributed by atoms with E-state index in [1.165, 1.54) is 14.0 Å². The van der Waals surface area contributed by atoms with Crippen LogP contribution in [0, 0.1) is 0 Å². The monoisotopic (exact) mass is 262 g/mol. The van der Waals surface area contributed by atoms with E-state index >= 15 is 0 Å². The zero-order chi connectivity index (χ0) is 14.0. The van der Waals surface area contributed by atoms with Gasteiger partial charge in [0.25, 0.3) is 0 Å². The molecule has 0 aliphatic rings. The van der Waals surface area contributed by atoms with Gasteiger partial charge in [0.2, 0.25) is 5.67 Å². The van der Waals surface area contributed by atoms with Crippen LogP contribution in [0.5, 0.6) is 5.75 Å². The Balaban J connectivity index is 2.50. The smallest absolute Gasteiger partial charge is 0.348 e. The zero-order valence-corrected chi connectivity index (χ0v) is 11.1. The molecule has 0 N–H and O–H groups in total. The highest BCUT2D eigenvalue weighted by Crippen LogP contribution is 2.30. The molecule has 4 heteroatoms.